The monoisotopic (exact) mass is 581 g/mol. The van der Waals surface area contributed by atoms with Gasteiger partial charge in [0.05, 0.1) is 31.2 Å². The molecular formula is C28H40ClN3O6S. The molecule has 1 N–H and O–H groups in total. The zero-order valence-corrected chi connectivity index (χ0v) is 25.1. The average molecular weight is 582 g/mol. The molecule has 0 heterocycles. The Morgan fingerprint density at radius 2 is 1.77 bits per heavy atom. The highest BCUT2D eigenvalue weighted by Gasteiger charge is 2.29. The lowest BCUT2D eigenvalue weighted by Gasteiger charge is -2.32. The number of methoxy groups -OCH3 is 2. The number of nitrogens with zero attached hydrogens (tertiary/aromatic N) is 2. The van der Waals surface area contributed by atoms with Gasteiger partial charge in [-0.15, -0.1) is 0 Å². The van der Waals surface area contributed by atoms with Gasteiger partial charge in [-0.3, -0.25) is 13.9 Å². The van der Waals surface area contributed by atoms with Gasteiger partial charge in [0.2, 0.25) is 21.8 Å². The summed E-state index contributed by atoms with van der Waals surface area (Å²) in [6.45, 7) is 6.05. The number of hydrogen-bond acceptors (Lipinski definition) is 6. The third-order valence-corrected chi connectivity index (χ3v) is 7.94. The summed E-state index contributed by atoms with van der Waals surface area (Å²) in [5.41, 5.74) is 1.20. The van der Waals surface area contributed by atoms with Crippen molar-refractivity contribution in [2.75, 3.05) is 31.3 Å². The molecule has 0 aromatic heterocycles. The van der Waals surface area contributed by atoms with Crippen LogP contribution in [0.15, 0.2) is 42.5 Å². The maximum absolute atomic E-state index is 13.6. The molecule has 0 fully saturated rings. The maximum Gasteiger partial charge on any atom is 0.243 e. The van der Waals surface area contributed by atoms with E-state index in [0.717, 1.165) is 18.2 Å². The van der Waals surface area contributed by atoms with E-state index in [-0.39, 0.29) is 48.8 Å². The molecule has 0 radical (unpaired) electrons. The Hall–Kier alpha value is -2.98. The summed E-state index contributed by atoms with van der Waals surface area (Å²) < 4.78 is 36.8. The zero-order chi connectivity index (χ0) is 29.2. The fourth-order valence-corrected chi connectivity index (χ4v) is 5.35. The highest BCUT2D eigenvalue weighted by atomic mass is 35.5. The Morgan fingerprint density at radius 3 is 2.33 bits per heavy atom. The first-order valence-electron chi connectivity index (χ1n) is 13.0. The molecule has 0 aliphatic rings. The lowest BCUT2D eigenvalue weighted by Crippen LogP contribution is -2.50. The van der Waals surface area contributed by atoms with Crippen molar-refractivity contribution in [2.24, 2.45) is 0 Å². The molecule has 0 saturated heterocycles. The normalized spacial score (nSPS) is 12.8. The van der Waals surface area contributed by atoms with Crippen LogP contribution >= 0.6 is 11.6 Å². The van der Waals surface area contributed by atoms with Crippen molar-refractivity contribution in [3.05, 3.63) is 53.1 Å². The molecular weight excluding hydrogens is 542 g/mol. The Morgan fingerprint density at radius 1 is 1.05 bits per heavy atom. The first-order chi connectivity index (χ1) is 18.4. The number of nitrogens with one attached hydrogen (secondary N) is 1. The quantitative estimate of drug-likeness (QED) is 0.329. The number of halogens is 1. The van der Waals surface area contributed by atoms with Crippen LogP contribution in [0.5, 0.6) is 11.5 Å². The lowest BCUT2D eigenvalue weighted by molar-refractivity contribution is -0.141. The molecule has 0 bridgehead atoms. The molecule has 0 aliphatic heterocycles. The number of amides is 2. The third kappa shape index (κ3) is 9.32. The van der Waals surface area contributed by atoms with Crippen LogP contribution in [0.3, 0.4) is 0 Å². The highest BCUT2D eigenvalue weighted by molar-refractivity contribution is 7.92. The molecule has 216 valence electrons. The van der Waals surface area contributed by atoms with Gasteiger partial charge in [0.15, 0.2) is 0 Å². The molecule has 0 spiro atoms. The molecule has 11 heteroatoms. The van der Waals surface area contributed by atoms with Gasteiger partial charge in [-0.05, 0) is 62.1 Å². The van der Waals surface area contributed by atoms with Gasteiger partial charge in [-0.25, -0.2) is 8.42 Å². The minimum absolute atomic E-state index is 0.0278. The van der Waals surface area contributed by atoms with Crippen LogP contribution in [-0.2, 0) is 26.2 Å². The second-order valence-electron chi connectivity index (χ2n) is 9.37. The first kappa shape index (κ1) is 32.2. The van der Waals surface area contributed by atoms with Crippen LogP contribution in [0.2, 0.25) is 5.02 Å². The molecule has 9 nitrogen and oxygen atoms in total. The van der Waals surface area contributed by atoms with Gasteiger partial charge >= 0.3 is 0 Å². The van der Waals surface area contributed by atoms with E-state index in [1.54, 1.807) is 24.1 Å². The number of rotatable bonds is 15. The van der Waals surface area contributed by atoms with Gasteiger partial charge in [0, 0.05) is 25.6 Å². The molecule has 2 aromatic rings. The van der Waals surface area contributed by atoms with Gasteiger partial charge in [0.25, 0.3) is 0 Å². The fourth-order valence-electron chi connectivity index (χ4n) is 4.14. The largest absolute Gasteiger partial charge is 0.497 e. The van der Waals surface area contributed by atoms with E-state index >= 15 is 0 Å². The van der Waals surface area contributed by atoms with Gasteiger partial charge in [-0.2, -0.15) is 0 Å². The predicted molar refractivity (Wildman–Crippen MR) is 155 cm³/mol. The van der Waals surface area contributed by atoms with Crippen LogP contribution in [0, 0.1) is 0 Å². The number of carbonyl (C=O) groups is 2. The number of carbonyl (C=O) groups excluding carboxylic acids is 2. The molecule has 2 aromatic carbocycles. The van der Waals surface area contributed by atoms with Crippen molar-refractivity contribution >= 4 is 39.1 Å². The number of ether oxygens (including phenoxy) is 2. The number of hydrogen-bond donors (Lipinski definition) is 1. The van der Waals surface area contributed by atoms with Crippen molar-refractivity contribution in [1.29, 1.82) is 0 Å². The van der Waals surface area contributed by atoms with E-state index in [1.165, 1.54) is 17.5 Å². The SMILES string of the molecule is CC[C@H](C(=O)N[C@@H](C)CC)N(Cc1cccc(OC)c1)C(=O)CCCN(c1ccc(OC)c(Cl)c1)S(C)(=O)=O. The molecule has 0 aliphatic carbocycles. The minimum Gasteiger partial charge on any atom is -0.497 e. The Labute approximate surface area is 237 Å². The average Bonchev–Trinajstić information content (AvgIpc) is 2.90. The Bertz CT molecular complexity index is 1220. The Kier molecular flexibility index (Phi) is 12.4. The van der Waals surface area contributed by atoms with Gasteiger partial charge in [0.1, 0.15) is 17.5 Å². The summed E-state index contributed by atoms with van der Waals surface area (Å²) in [4.78, 5) is 28.3. The van der Waals surface area contributed by atoms with Crippen molar-refractivity contribution < 1.29 is 27.5 Å². The van der Waals surface area contributed by atoms with Crippen molar-refractivity contribution in [3.8, 4) is 11.5 Å². The second kappa shape index (κ2) is 15.0. The van der Waals surface area contributed by atoms with Gasteiger partial charge < -0.3 is 19.7 Å². The number of benzene rings is 2. The molecule has 2 rings (SSSR count). The highest BCUT2D eigenvalue weighted by Crippen LogP contribution is 2.30. The van der Waals surface area contributed by atoms with Crippen LogP contribution in [0.4, 0.5) is 5.69 Å². The second-order valence-corrected chi connectivity index (χ2v) is 11.7. The smallest absolute Gasteiger partial charge is 0.243 e. The maximum atomic E-state index is 13.6. The summed E-state index contributed by atoms with van der Waals surface area (Å²) in [6.07, 6.45) is 2.59. The molecule has 39 heavy (non-hydrogen) atoms. The topological polar surface area (TPSA) is 105 Å². The molecule has 0 saturated carbocycles. The summed E-state index contributed by atoms with van der Waals surface area (Å²) in [7, 11) is -0.602. The Balaban J connectivity index is 2.27. The van der Waals surface area contributed by atoms with E-state index < -0.39 is 16.1 Å². The van der Waals surface area contributed by atoms with E-state index in [1.807, 2.05) is 45.0 Å². The van der Waals surface area contributed by atoms with Crippen LogP contribution in [0.1, 0.15) is 52.0 Å². The third-order valence-electron chi connectivity index (χ3n) is 6.45. The van der Waals surface area contributed by atoms with Crippen LogP contribution in [0.25, 0.3) is 0 Å². The molecule has 2 amide bonds. The minimum atomic E-state index is -3.65. The van der Waals surface area contributed by atoms with E-state index in [2.05, 4.69) is 5.32 Å². The van der Waals surface area contributed by atoms with E-state index in [9.17, 15) is 18.0 Å². The molecule has 0 unspecified atom stereocenters. The van der Waals surface area contributed by atoms with E-state index in [4.69, 9.17) is 21.1 Å². The van der Waals surface area contributed by atoms with Crippen LogP contribution < -0.4 is 19.1 Å². The van der Waals surface area contributed by atoms with Crippen molar-refractivity contribution in [2.45, 2.75) is 65.1 Å². The summed E-state index contributed by atoms with van der Waals surface area (Å²) >= 11 is 6.22. The number of sulfonamides is 1. The summed E-state index contributed by atoms with van der Waals surface area (Å²) in [5, 5.41) is 3.27. The van der Waals surface area contributed by atoms with Crippen molar-refractivity contribution in [3.63, 3.8) is 0 Å². The first-order valence-corrected chi connectivity index (χ1v) is 15.2. The van der Waals surface area contributed by atoms with E-state index in [0.29, 0.717) is 23.6 Å². The van der Waals surface area contributed by atoms with Crippen LogP contribution in [-0.4, -0.2) is 64.2 Å². The number of anilines is 1. The lowest BCUT2D eigenvalue weighted by atomic mass is 10.1. The standard InChI is InChI=1S/C28H40ClN3O6S/c1-7-20(3)30-28(34)25(8-2)31(19-21-11-9-12-23(17-21)37-4)27(33)13-10-16-32(39(6,35)36)22-14-15-26(38-5)24(29)18-22/h9,11-12,14-15,17-18,20,25H,7-8,10,13,16,19H2,1-6H3,(H,30,34)/t20-,25+/m0/s1. The van der Waals surface area contributed by atoms with Crippen molar-refractivity contribution in [1.82, 2.24) is 10.2 Å². The molecule has 2 atom stereocenters. The fraction of sp³-hybridized carbons (Fsp3) is 0.500. The summed E-state index contributed by atoms with van der Waals surface area (Å²) in [6, 6.07) is 11.4. The zero-order valence-electron chi connectivity index (χ0n) is 23.6. The van der Waals surface area contributed by atoms with Gasteiger partial charge in [-0.1, -0.05) is 37.6 Å². The predicted octanol–water partition coefficient (Wildman–Crippen LogP) is 4.63. The summed E-state index contributed by atoms with van der Waals surface area (Å²) in [5.74, 6) is 0.622.